The summed E-state index contributed by atoms with van der Waals surface area (Å²) in [4.78, 5) is 0. The third kappa shape index (κ3) is 2.07. The molecule has 0 aliphatic rings. The van der Waals surface area contributed by atoms with E-state index in [0.29, 0.717) is 6.54 Å². The molecule has 0 heterocycles. The molecule has 0 radical (unpaired) electrons. The zero-order chi connectivity index (χ0) is 11.5. The highest BCUT2D eigenvalue weighted by molar-refractivity contribution is 5.66. The van der Waals surface area contributed by atoms with Gasteiger partial charge >= 0.3 is 0 Å². The third-order valence-electron chi connectivity index (χ3n) is 2.65. The Hall–Kier alpha value is -1.80. The molecular weight excluding hydrogens is 198 g/mol. The van der Waals surface area contributed by atoms with Gasteiger partial charge in [0, 0.05) is 12.1 Å². The third-order valence-corrected chi connectivity index (χ3v) is 2.65. The summed E-state index contributed by atoms with van der Waals surface area (Å²) in [6.07, 6.45) is 0. The van der Waals surface area contributed by atoms with Gasteiger partial charge in [-0.1, -0.05) is 35.9 Å². The lowest BCUT2D eigenvalue weighted by atomic mass is 10.0. The summed E-state index contributed by atoms with van der Waals surface area (Å²) >= 11 is 0. The predicted octanol–water partition coefficient (Wildman–Crippen LogP) is 2.83. The van der Waals surface area contributed by atoms with Gasteiger partial charge in [0.2, 0.25) is 0 Å². The minimum Gasteiger partial charge on any atom is -0.508 e. The first kappa shape index (κ1) is 10.7. The van der Waals surface area contributed by atoms with Crippen LogP contribution in [0.1, 0.15) is 11.1 Å². The second-order valence-electron chi connectivity index (χ2n) is 3.92. The topological polar surface area (TPSA) is 46.2 Å². The summed E-state index contributed by atoms with van der Waals surface area (Å²) in [7, 11) is 0. The number of hydrogen-bond acceptors (Lipinski definition) is 2. The number of hydrogen-bond donors (Lipinski definition) is 2. The number of rotatable bonds is 2. The highest BCUT2D eigenvalue weighted by Gasteiger charge is 2.03. The van der Waals surface area contributed by atoms with Gasteiger partial charge in [-0.2, -0.15) is 0 Å². The van der Waals surface area contributed by atoms with E-state index in [1.807, 2.05) is 18.2 Å². The summed E-state index contributed by atoms with van der Waals surface area (Å²) in [5.74, 6) is 0.263. The van der Waals surface area contributed by atoms with Crippen LogP contribution in [0, 0.1) is 6.92 Å². The highest BCUT2D eigenvalue weighted by atomic mass is 16.3. The molecule has 16 heavy (non-hydrogen) atoms. The first-order valence-electron chi connectivity index (χ1n) is 5.29. The molecular formula is C14H15NO. The van der Waals surface area contributed by atoms with Gasteiger partial charge in [-0.3, -0.25) is 0 Å². The van der Waals surface area contributed by atoms with E-state index in [1.165, 1.54) is 5.56 Å². The second-order valence-corrected chi connectivity index (χ2v) is 3.92. The molecule has 3 N–H and O–H groups in total. The standard InChI is InChI=1S/C14H15NO/c1-10-3-2-4-11(7-10)12-5-6-14(16)13(8-12)9-15/h2-8,16H,9,15H2,1H3. The van der Waals surface area contributed by atoms with Crippen molar-refractivity contribution >= 4 is 0 Å². The van der Waals surface area contributed by atoms with Crippen LogP contribution in [0.25, 0.3) is 11.1 Å². The van der Waals surface area contributed by atoms with Crippen LogP contribution in [0.15, 0.2) is 42.5 Å². The summed E-state index contributed by atoms with van der Waals surface area (Å²) in [5.41, 5.74) is 9.80. The van der Waals surface area contributed by atoms with Crippen LogP contribution >= 0.6 is 0 Å². The zero-order valence-electron chi connectivity index (χ0n) is 9.27. The quantitative estimate of drug-likeness (QED) is 0.805. The van der Waals surface area contributed by atoms with Crippen molar-refractivity contribution in [2.24, 2.45) is 5.73 Å². The predicted molar refractivity (Wildman–Crippen MR) is 66.2 cm³/mol. The molecule has 0 spiro atoms. The van der Waals surface area contributed by atoms with E-state index in [1.54, 1.807) is 6.07 Å². The van der Waals surface area contributed by atoms with Gasteiger partial charge in [0.1, 0.15) is 5.75 Å². The SMILES string of the molecule is Cc1cccc(-c2ccc(O)c(CN)c2)c1. The summed E-state index contributed by atoms with van der Waals surface area (Å²) in [6, 6.07) is 13.8. The fourth-order valence-corrected chi connectivity index (χ4v) is 1.75. The van der Waals surface area contributed by atoms with Crippen molar-refractivity contribution in [2.75, 3.05) is 0 Å². The largest absolute Gasteiger partial charge is 0.508 e. The normalized spacial score (nSPS) is 10.4. The van der Waals surface area contributed by atoms with E-state index in [0.717, 1.165) is 16.7 Å². The van der Waals surface area contributed by atoms with Gasteiger partial charge in [0.15, 0.2) is 0 Å². The van der Waals surface area contributed by atoms with E-state index in [4.69, 9.17) is 5.73 Å². The smallest absolute Gasteiger partial charge is 0.120 e. The van der Waals surface area contributed by atoms with E-state index in [9.17, 15) is 5.11 Å². The maximum absolute atomic E-state index is 9.56. The first-order chi connectivity index (χ1) is 7.70. The summed E-state index contributed by atoms with van der Waals surface area (Å²) in [5, 5.41) is 9.56. The molecule has 0 amide bonds. The van der Waals surface area contributed by atoms with E-state index >= 15 is 0 Å². The molecule has 2 rings (SSSR count). The number of aromatic hydroxyl groups is 1. The molecule has 0 saturated heterocycles. The van der Waals surface area contributed by atoms with Crippen LogP contribution in [0.5, 0.6) is 5.75 Å². The summed E-state index contributed by atoms with van der Waals surface area (Å²) in [6.45, 7) is 2.42. The van der Waals surface area contributed by atoms with Gasteiger partial charge in [0.25, 0.3) is 0 Å². The summed E-state index contributed by atoms with van der Waals surface area (Å²) < 4.78 is 0. The molecule has 2 aromatic rings. The highest BCUT2D eigenvalue weighted by Crippen LogP contribution is 2.26. The van der Waals surface area contributed by atoms with Crippen molar-refractivity contribution in [3.05, 3.63) is 53.6 Å². The Bertz CT molecular complexity index is 506. The lowest BCUT2D eigenvalue weighted by Crippen LogP contribution is -1.96. The van der Waals surface area contributed by atoms with Crippen molar-refractivity contribution in [1.29, 1.82) is 0 Å². The molecule has 0 unspecified atom stereocenters. The van der Waals surface area contributed by atoms with Crippen molar-refractivity contribution in [3.63, 3.8) is 0 Å². The molecule has 0 aliphatic heterocycles. The Labute approximate surface area is 95.4 Å². The minimum atomic E-state index is 0.263. The van der Waals surface area contributed by atoms with Crippen LogP contribution < -0.4 is 5.73 Å². The van der Waals surface area contributed by atoms with Crippen LogP contribution in [0.3, 0.4) is 0 Å². The van der Waals surface area contributed by atoms with Gasteiger partial charge in [-0.25, -0.2) is 0 Å². The second kappa shape index (κ2) is 4.37. The van der Waals surface area contributed by atoms with Crippen LogP contribution in [-0.2, 0) is 6.54 Å². The number of benzene rings is 2. The maximum Gasteiger partial charge on any atom is 0.120 e. The minimum absolute atomic E-state index is 0.263. The van der Waals surface area contributed by atoms with Crippen molar-refractivity contribution in [1.82, 2.24) is 0 Å². The van der Waals surface area contributed by atoms with E-state index in [2.05, 4.69) is 25.1 Å². The molecule has 0 aromatic heterocycles. The Balaban J connectivity index is 2.48. The van der Waals surface area contributed by atoms with E-state index in [-0.39, 0.29) is 5.75 Å². The van der Waals surface area contributed by atoms with Crippen LogP contribution in [0.2, 0.25) is 0 Å². The average molecular weight is 213 g/mol. The van der Waals surface area contributed by atoms with Crippen molar-refractivity contribution < 1.29 is 5.11 Å². The first-order valence-corrected chi connectivity index (χ1v) is 5.29. The molecule has 82 valence electrons. The Kier molecular flexibility index (Phi) is 2.93. The molecule has 0 atom stereocenters. The monoisotopic (exact) mass is 213 g/mol. The van der Waals surface area contributed by atoms with Crippen LogP contribution in [-0.4, -0.2) is 5.11 Å². The number of nitrogens with two attached hydrogens (primary N) is 1. The Morgan fingerprint density at radius 1 is 1.06 bits per heavy atom. The molecule has 0 fully saturated rings. The fraction of sp³-hybridized carbons (Fsp3) is 0.143. The Morgan fingerprint density at radius 2 is 1.81 bits per heavy atom. The van der Waals surface area contributed by atoms with Gasteiger partial charge in [0.05, 0.1) is 0 Å². The molecule has 2 nitrogen and oxygen atoms in total. The molecule has 0 aliphatic carbocycles. The van der Waals surface area contributed by atoms with Gasteiger partial charge in [-0.15, -0.1) is 0 Å². The lowest BCUT2D eigenvalue weighted by molar-refractivity contribution is 0.468. The fourth-order valence-electron chi connectivity index (χ4n) is 1.75. The average Bonchev–Trinajstić information content (AvgIpc) is 2.29. The van der Waals surface area contributed by atoms with Crippen LogP contribution in [0.4, 0.5) is 0 Å². The Morgan fingerprint density at radius 3 is 2.50 bits per heavy atom. The maximum atomic E-state index is 9.56. The number of phenolic OH excluding ortho intramolecular Hbond substituents is 1. The van der Waals surface area contributed by atoms with Crippen molar-refractivity contribution in [3.8, 4) is 16.9 Å². The molecule has 2 heteroatoms. The molecule has 2 aromatic carbocycles. The molecule has 0 bridgehead atoms. The van der Waals surface area contributed by atoms with Gasteiger partial charge < -0.3 is 10.8 Å². The lowest BCUT2D eigenvalue weighted by Gasteiger charge is -2.07. The van der Waals surface area contributed by atoms with E-state index < -0.39 is 0 Å². The zero-order valence-corrected chi connectivity index (χ0v) is 9.27. The van der Waals surface area contributed by atoms with Crippen molar-refractivity contribution in [2.45, 2.75) is 13.5 Å². The van der Waals surface area contributed by atoms with Gasteiger partial charge in [-0.05, 0) is 30.2 Å². The number of aryl methyl sites for hydroxylation is 1. The number of phenols is 1. The molecule has 0 saturated carbocycles.